The highest BCUT2D eigenvalue weighted by Crippen LogP contribution is 2.34. The van der Waals surface area contributed by atoms with Crippen LogP contribution in [0.2, 0.25) is 0 Å². The molecular formula is C19H33NS. The van der Waals surface area contributed by atoms with Crippen LogP contribution >= 0.6 is 11.3 Å². The molecule has 1 aliphatic rings. The zero-order chi connectivity index (χ0) is 14.9. The number of hydrogen-bond donors (Lipinski definition) is 1. The van der Waals surface area contributed by atoms with Crippen LogP contribution in [0.5, 0.6) is 0 Å². The van der Waals surface area contributed by atoms with Crippen LogP contribution < -0.4 is 5.32 Å². The van der Waals surface area contributed by atoms with E-state index in [1.54, 1.807) is 0 Å². The van der Waals surface area contributed by atoms with Gasteiger partial charge in [-0.3, -0.25) is 0 Å². The lowest BCUT2D eigenvalue weighted by Gasteiger charge is -2.34. The molecule has 1 saturated carbocycles. The molecule has 120 valence electrons. The van der Waals surface area contributed by atoms with E-state index < -0.39 is 0 Å². The standard InChI is InChI=1S/C19H33NS/c1-3-5-6-16-7-9-18(10-8-16)19(20-12-4-2)14-17-11-13-21-15-17/h11,13,15-16,18-20H,3-10,12,14H2,1-2H3. The normalized spacial score (nSPS) is 24.1. The number of rotatable bonds is 9. The molecule has 0 aliphatic heterocycles. The lowest BCUT2D eigenvalue weighted by atomic mass is 9.75. The average molecular weight is 308 g/mol. The molecule has 0 amide bonds. The summed E-state index contributed by atoms with van der Waals surface area (Å²) in [4.78, 5) is 0. The molecule has 1 unspecified atom stereocenters. The molecule has 0 bridgehead atoms. The van der Waals surface area contributed by atoms with Gasteiger partial charge < -0.3 is 5.32 Å². The van der Waals surface area contributed by atoms with E-state index >= 15 is 0 Å². The third kappa shape index (κ3) is 5.75. The maximum atomic E-state index is 3.84. The van der Waals surface area contributed by atoms with Gasteiger partial charge in [-0.15, -0.1) is 0 Å². The first-order valence-electron chi connectivity index (χ1n) is 9.07. The van der Waals surface area contributed by atoms with Gasteiger partial charge >= 0.3 is 0 Å². The monoisotopic (exact) mass is 307 g/mol. The molecule has 0 spiro atoms. The number of hydrogen-bond acceptors (Lipinski definition) is 2. The van der Waals surface area contributed by atoms with Gasteiger partial charge in [0.25, 0.3) is 0 Å². The van der Waals surface area contributed by atoms with Crippen LogP contribution in [0.15, 0.2) is 16.8 Å². The molecule has 2 heteroatoms. The molecule has 1 aromatic heterocycles. The molecule has 1 aliphatic carbocycles. The van der Waals surface area contributed by atoms with Gasteiger partial charge in [0.15, 0.2) is 0 Å². The number of unbranched alkanes of at least 4 members (excludes halogenated alkanes) is 1. The first-order chi connectivity index (χ1) is 10.3. The molecular weight excluding hydrogens is 274 g/mol. The van der Waals surface area contributed by atoms with Crippen molar-refractivity contribution in [1.29, 1.82) is 0 Å². The Labute approximate surface area is 135 Å². The summed E-state index contributed by atoms with van der Waals surface area (Å²) in [6.45, 7) is 5.76. The maximum Gasteiger partial charge on any atom is 0.0136 e. The summed E-state index contributed by atoms with van der Waals surface area (Å²) in [5.41, 5.74) is 1.53. The fourth-order valence-corrected chi connectivity index (χ4v) is 4.45. The molecule has 1 aromatic rings. The van der Waals surface area contributed by atoms with Crippen molar-refractivity contribution in [1.82, 2.24) is 5.32 Å². The van der Waals surface area contributed by atoms with Crippen LogP contribution in [0.3, 0.4) is 0 Å². The summed E-state index contributed by atoms with van der Waals surface area (Å²) in [6, 6.07) is 3.00. The molecule has 1 nitrogen and oxygen atoms in total. The zero-order valence-corrected chi connectivity index (χ0v) is 14.8. The van der Waals surface area contributed by atoms with Crippen molar-refractivity contribution in [3.63, 3.8) is 0 Å². The van der Waals surface area contributed by atoms with Crippen LogP contribution in [0, 0.1) is 11.8 Å². The van der Waals surface area contributed by atoms with E-state index in [4.69, 9.17) is 0 Å². The first kappa shape index (κ1) is 17.0. The molecule has 0 aromatic carbocycles. The predicted octanol–water partition coefficient (Wildman–Crippen LogP) is 5.66. The third-order valence-corrected chi connectivity index (χ3v) is 5.85. The number of thiophene rings is 1. The first-order valence-corrected chi connectivity index (χ1v) is 10.0. The second-order valence-corrected chi connectivity index (χ2v) is 7.60. The lowest BCUT2D eigenvalue weighted by molar-refractivity contribution is 0.211. The van der Waals surface area contributed by atoms with Crippen LogP contribution in [0.25, 0.3) is 0 Å². The van der Waals surface area contributed by atoms with Crippen molar-refractivity contribution in [3.8, 4) is 0 Å². The van der Waals surface area contributed by atoms with Gasteiger partial charge in [0.05, 0.1) is 0 Å². The van der Waals surface area contributed by atoms with Crippen molar-refractivity contribution in [2.45, 2.75) is 77.7 Å². The minimum Gasteiger partial charge on any atom is -0.313 e. The Bertz CT molecular complexity index is 352. The third-order valence-electron chi connectivity index (χ3n) is 5.12. The van der Waals surface area contributed by atoms with Gasteiger partial charge in [-0.1, -0.05) is 46.0 Å². The lowest BCUT2D eigenvalue weighted by Crippen LogP contribution is -2.40. The van der Waals surface area contributed by atoms with Gasteiger partial charge in [0.1, 0.15) is 0 Å². The van der Waals surface area contributed by atoms with Crippen molar-refractivity contribution >= 4 is 11.3 Å². The highest BCUT2D eigenvalue weighted by atomic mass is 32.1. The minimum atomic E-state index is 0.701. The van der Waals surface area contributed by atoms with E-state index in [1.807, 2.05) is 11.3 Å². The molecule has 1 heterocycles. The topological polar surface area (TPSA) is 12.0 Å². The summed E-state index contributed by atoms with van der Waals surface area (Å²) in [6.07, 6.45) is 12.6. The van der Waals surface area contributed by atoms with E-state index in [9.17, 15) is 0 Å². The van der Waals surface area contributed by atoms with E-state index in [-0.39, 0.29) is 0 Å². The second-order valence-electron chi connectivity index (χ2n) is 6.82. The van der Waals surface area contributed by atoms with Gasteiger partial charge in [-0.25, -0.2) is 0 Å². The molecule has 2 rings (SSSR count). The van der Waals surface area contributed by atoms with Crippen LogP contribution in [-0.4, -0.2) is 12.6 Å². The van der Waals surface area contributed by atoms with E-state index in [0.29, 0.717) is 6.04 Å². The summed E-state index contributed by atoms with van der Waals surface area (Å²) in [7, 11) is 0. The van der Waals surface area contributed by atoms with Crippen molar-refractivity contribution in [2.75, 3.05) is 6.54 Å². The highest BCUT2D eigenvalue weighted by molar-refractivity contribution is 7.07. The Morgan fingerprint density at radius 1 is 1.19 bits per heavy atom. The quantitative estimate of drug-likeness (QED) is 0.621. The Morgan fingerprint density at radius 3 is 2.62 bits per heavy atom. The molecule has 1 N–H and O–H groups in total. The van der Waals surface area contributed by atoms with Crippen LogP contribution in [-0.2, 0) is 6.42 Å². The van der Waals surface area contributed by atoms with E-state index in [2.05, 4.69) is 36.0 Å². The smallest absolute Gasteiger partial charge is 0.0136 e. The minimum absolute atomic E-state index is 0.701. The number of nitrogens with one attached hydrogen (secondary N) is 1. The Morgan fingerprint density at radius 2 is 2.00 bits per heavy atom. The molecule has 1 fully saturated rings. The van der Waals surface area contributed by atoms with Crippen molar-refractivity contribution < 1.29 is 0 Å². The molecule has 21 heavy (non-hydrogen) atoms. The summed E-state index contributed by atoms with van der Waals surface area (Å²) in [5.74, 6) is 1.92. The predicted molar refractivity (Wildman–Crippen MR) is 95.1 cm³/mol. The Balaban J connectivity index is 1.83. The fraction of sp³-hybridized carbons (Fsp3) is 0.789. The zero-order valence-electron chi connectivity index (χ0n) is 13.9. The summed E-state index contributed by atoms with van der Waals surface area (Å²) >= 11 is 1.83. The largest absolute Gasteiger partial charge is 0.313 e. The van der Waals surface area contributed by atoms with E-state index in [0.717, 1.165) is 11.8 Å². The fourth-order valence-electron chi connectivity index (χ4n) is 3.77. The van der Waals surface area contributed by atoms with E-state index in [1.165, 1.54) is 69.9 Å². The van der Waals surface area contributed by atoms with Crippen LogP contribution in [0.1, 0.15) is 70.8 Å². The molecule has 1 atom stereocenters. The average Bonchev–Trinajstić information content (AvgIpc) is 3.03. The highest BCUT2D eigenvalue weighted by Gasteiger charge is 2.27. The van der Waals surface area contributed by atoms with Crippen molar-refractivity contribution in [2.24, 2.45) is 11.8 Å². The van der Waals surface area contributed by atoms with Crippen LogP contribution in [0.4, 0.5) is 0 Å². The SMILES string of the molecule is CCCCC1CCC(C(Cc2ccsc2)NCCC)CC1. The van der Waals surface area contributed by atoms with Gasteiger partial charge in [0.2, 0.25) is 0 Å². The van der Waals surface area contributed by atoms with Crippen molar-refractivity contribution in [3.05, 3.63) is 22.4 Å². The van der Waals surface area contributed by atoms with Gasteiger partial charge in [-0.2, -0.15) is 11.3 Å². The Kier molecular flexibility index (Phi) is 7.81. The van der Waals surface area contributed by atoms with Gasteiger partial charge in [-0.05, 0) is 66.5 Å². The Hall–Kier alpha value is -0.340. The molecule has 0 saturated heterocycles. The molecule has 0 radical (unpaired) electrons. The maximum absolute atomic E-state index is 3.84. The summed E-state index contributed by atoms with van der Waals surface area (Å²) in [5, 5.41) is 8.38. The second kappa shape index (κ2) is 9.63. The summed E-state index contributed by atoms with van der Waals surface area (Å²) < 4.78 is 0. The van der Waals surface area contributed by atoms with Gasteiger partial charge in [0, 0.05) is 6.04 Å².